The summed E-state index contributed by atoms with van der Waals surface area (Å²) in [6.45, 7) is 4.13. The van der Waals surface area contributed by atoms with E-state index in [-0.39, 0.29) is 11.8 Å². The van der Waals surface area contributed by atoms with Gasteiger partial charge in [-0.3, -0.25) is 4.79 Å². The molecular weight excluding hydrogens is 275 g/mol. The molecule has 0 bridgehead atoms. The van der Waals surface area contributed by atoms with Crippen LogP contribution in [0.3, 0.4) is 0 Å². The molecular formula is C15H19FN2O3. The Balaban J connectivity index is 1.96. The molecule has 0 unspecified atom stereocenters. The van der Waals surface area contributed by atoms with E-state index < -0.39 is 11.4 Å². The van der Waals surface area contributed by atoms with Crippen molar-refractivity contribution in [1.82, 2.24) is 4.90 Å². The van der Waals surface area contributed by atoms with Crippen LogP contribution in [-0.2, 0) is 4.79 Å². The maximum atomic E-state index is 13.2. The van der Waals surface area contributed by atoms with Crippen molar-refractivity contribution in [3.63, 3.8) is 0 Å². The zero-order valence-electron chi connectivity index (χ0n) is 12.1. The van der Waals surface area contributed by atoms with Gasteiger partial charge in [0.05, 0.1) is 5.41 Å². The largest absolute Gasteiger partial charge is 0.481 e. The Bertz CT molecular complexity index is 566. The number of hydrogen-bond acceptors (Lipinski definition) is 2. The van der Waals surface area contributed by atoms with Crippen LogP contribution in [0.25, 0.3) is 0 Å². The lowest BCUT2D eigenvalue weighted by Gasteiger charge is -2.36. The van der Waals surface area contributed by atoms with E-state index in [1.165, 1.54) is 12.1 Å². The van der Waals surface area contributed by atoms with Crippen molar-refractivity contribution in [3.8, 4) is 0 Å². The number of anilines is 1. The number of amides is 2. The number of benzene rings is 1. The first-order valence-corrected chi connectivity index (χ1v) is 6.87. The molecule has 0 spiro atoms. The van der Waals surface area contributed by atoms with Gasteiger partial charge in [0.25, 0.3) is 0 Å². The molecule has 5 nitrogen and oxygen atoms in total. The summed E-state index contributed by atoms with van der Waals surface area (Å²) < 4.78 is 13.2. The normalized spacial score (nSPS) is 17.4. The summed E-state index contributed by atoms with van der Waals surface area (Å²) in [7, 11) is 0. The van der Waals surface area contributed by atoms with Crippen LogP contribution in [0.5, 0.6) is 0 Å². The molecule has 114 valence electrons. The zero-order chi connectivity index (χ0) is 15.6. The Kier molecular flexibility index (Phi) is 4.16. The minimum absolute atomic E-state index is 0.284. The summed E-state index contributed by atoms with van der Waals surface area (Å²) in [5, 5.41) is 11.9. The minimum atomic E-state index is -0.822. The number of halogens is 1. The molecule has 1 aromatic carbocycles. The summed E-state index contributed by atoms with van der Waals surface area (Å²) in [5.41, 5.74) is 0.235. The molecule has 1 fully saturated rings. The fourth-order valence-corrected chi connectivity index (χ4v) is 2.34. The highest BCUT2D eigenvalue weighted by Crippen LogP contribution is 2.31. The number of hydrogen-bond donors (Lipinski definition) is 2. The van der Waals surface area contributed by atoms with Crippen LogP contribution >= 0.6 is 0 Å². The van der Waals surface area contributed by atoms with Gasteiger partial charge in [0.1, 0.15) is 5.82 Å². The molecule has 0 aromatic heterocycles. The summed E-state index contributed by atoms with van der Waals surface area (Å²) in [6.07, 6.45) is 0.858. The van der Waals surface area contributed by atoms with Crippen molar-refractivity contribution in [2.24, 2.45) is 5.41 Å². The number of nitrogens with one attached hydrogen (secondary N) is 1. The second-order valence-electron chi connectivity index (χ2n) is 5.75. The van der Waals surface area contributed by atoms with E-state index in [9.17, 15) is 14.0 Å². The fraction of sp³-hybridized carbons (Fsp3) is 0.467. The molecule has 2 amide bonds. The Labute approximate surface area is 122 Å². The highest BCUT2D eigenvalue weighted by atomic mass is 19.1. The summed E-state index contributed by atoms with van der Waals surface area (Å²) in [5.74, 6) is -1.14. The molecule has 1 saturated heterocycles. The predicted molar refractivity (Wildman–Crippen MR) is 76.7 cm³/mol. The number of aliphatic carboxylic acids is 1. The molecule has 1 heterocycles. The lowest BCUT2D eigenvalue weighted by atomic mass is 9.80. The third-order valence-electron chi connectivity index (χ3n) is 4.08. The van der Waals surface area contributed by atoms with Crippen molar-refractivity contribution in [1.29, 1.82) is 0 Å². The van der Waals surface area contributed by atoms with E-state index in [4.69, 9.17) is 5.11 Å². The van der Waals surface area contributed by atoms with Crippen LogP contribution in [0, 0.1) is 18.2 Å². The van der Waals surface area contributed by atoms with Gasteiger partial charge < -0.3 is 15.3 Å². The van der Waals surface area contributed by atoms with Gasteiger partial charge in [0.15, 0.2) is 0 Å². The van der Waals surface area contributed by atoms with E-state index >= 15 is 0 Å². The number of nitrogens with zero attached hydrogens (tertiary/aromatic N) is 1. The van der Waals surface area contributed by atoms with Gasteiger partial charge in [-0.1, -0.05) is 0 Å². The Hall–Kier alpha value is -2.11. The Morgan fingerprint density at radius 2 is 1.95 bits per heavy atom. The third-order valence-corrected chi connectivity index (χ3v) is 4.08. The van der Waals surface area contributed by atoms with Crippen LogP contribution in [0.1, 0.15) is 25.3 Å². The van der Waals surface area contributed by atoms with Gasteiger partial charge >= 0.3 is 12.0 Å². The number of piperidine rings is 1. The molecule has 0 atom stereocenters. The van der Waals surface area contributed by atoms with Crippen LogP contribution in [0.15, 0.2) is 18.2 Å². The van der Waals surface area contributed by atoms with Crippen LogP contribution in [0.2, 0.25) is 0 Å². The number of likely N-dealkylation sites (tertiary alicyclic amines) is 1. The molecule has 2 rings (SSSR count). The van der Waals surface area contributed by atoms with Crippen molar-refractivity contribution in [2.75, 3.05) is 18.4 Å². The van der Waals surface area contributed by atoms with Crippen molar-refractivity contribution < 1.29 is 19.1 Å². The van der Waals surface area contributed by atoms with Crippen molar-refractivity contribution in [3.05, 3.63) is 29.6 Å². The number of carboxylic acids is 1. The van der Waals surface area contributed by atoms with Gasteiger partial charge in [-0.2, -0.15) is 0 Å². The topological polar surface area (TPSA) is 69.6 Å². The number of urea groups is 1. The monoisotopic (exact) mass is 294 g/mol. The van der Waals surface area contributed by atoms with Gasteiger partial charge in [0, 0.05) is 18.8 Å². The smallest absolute Gasteiger partial charge is 0.321 e. The molecule has 21 heavy (non-hydrogen) atoms. The first-order chi connectivity index (χ1) is 9.82. The first-order valence-electron chi connectivity index (χ1n) is 6.87. The lowest BCUT2D eigenvalue weighted by molar-refractivity contribution is -0.150. The second-order valence-corrected chi connectivity index (χ2v) is 5.75. The first kappa shape index (κ1) is 15.3. The van der Waals surface area contributed by atoms with E-state index in [1.54, 1.807) is 24.8 Å². The van der Waals surface area contributed by atoms with Crippen LogP contribution in [-0.4, -0.2) is 35.1 Å². The molecule has 0 radical (unpaired) electrons. The molecule has 1 aliphatic heterocycles. The standard InChI is InChI=1S/C15H19FN2O3/c1-10-9-11(3-4-12(10)16)17-14(21)18-7-5-15(2,6-8-18)13(19)20/h3-4,9H,5-8H2,1-2H3,(H,17,21)(H,19,20). The molecule has 0 aliphatic carbocycles. The Morgan fingerprint density at radius 1 is 1.33 bits per heavy atom. The van der Waals surface area contributed by atoms with E-state index in [1.807, 2.05) is 0 Å². The highest BCUT2D eigenvalue weighted by molar-refractivity contribution is 5.89. The average molecular weight is 294 g/mol. The molecule has 1 aromatic rings. The fourth-order valence-electron chi connectivity index (χ4n) is 2.34. The van der Waals surface area contributed by atoms with E-state index in [0.717, 1.165) is 0 Å². The Morgan fingerprint density at radius 3 is 2.48 bits per heavy atom. The maximum Gasteiger partial charge on any atom is 0.321 e. The average Bonchev–Trinajstić information content (AvgIpc) is 2.43. The summed E-state index contributed by atoms with van der Waals surface area (Å²) in [4.78, 5) is 24.9. The van der Waals surface area contributed by atoms with Crippen LogP contribution < -0.4 is 5.32 Å². The summed E-state index contributed by atoms with van der Waals surface area (Å²) >= 11 is 0. The van der Waals surface area contributed by atoms with Gasteiger partial charge in [-0.15, -0.1) is 0 Å². The number of aryl methyl sites for hydroxylation is 1. The van der Waals surface area contributed by atoms with Gasteiger partial charge in [-0.25, -0.2) is 9.18 Å². The molecule has 6 heteroatoms. The number of rotatable bonds is 2. The van der Waals surface area contributed by atoms with E-state index in [2.05, 4.69) is 5.32 Å². The van der Waals surface area contributed by atoms with E-state index in [0.29, 0.717) is 37.2 Å². The lowest BCUT2D eigenvalue weighted by Crippen LogP contribution is -2.46. The molecule has 0 saturated carbocycles. The summed E-state index contributed by atoms with van der Waals surface area (Å²) in [6, 6.07) is 4.10. The van der Waals surface area contributed by atoms with Crippen LogP contribution in [0.4, 0.5) is 14.9 Å². The number of carboxylic acid groups (broad SMARTS) is 1. The third kappa shape index (κ3) is 3.32. The predicted octanol–water partition coefficient (Wildman–Crippen LogP) is 2.85. The molecule has 2 N–H and O–H groups in total. The van der Waals surface area contributed by atoms with Crippen molar-refractivity contribution >= 4 is 17.7 Å². The van der Waals surface area contributed by atoms with Gasteiger partial charge in [0.2, 0.25) is 0 Å². The number of carbonyl (C=O) groups is 2. The highest BCUT2D eigenvalue weighted by Gasteiger charge is 2.38. The molecule has 1 aliphatic rings. The van der Waals surface area contributed by atoms with Crippen molar-refractivity contribution in [2.45, 2.75) is 26.7 Å². The minimum Gasteiger partial charge on any atom is -0.481 e. The van der Waals surface area contributed by atoms with Gasteiger partial charge in [-0.05, 0) is 50.5 Å². The number of carbonyl (C=O) groups excluding carboxylic acids is 1. The zero-order valence-corrected chi connectivity index (χ0v) is 12.1. The SMILES string of the molecule is Cc1cc(NC(=O)N2CCC(C)(C(=O)O)CC2)ccc1F. The second kappa shape index (κ2) is 5.71. The quantitative estimate of drug-likeness (QED) is 0.881. The maximum absolute atomic E-state index is 13.2.